The van der Waals surface area contributed by atoms with Gasteiger partial charge in [0.25, 0.3) is 0 Å². The van der Waals surface area contributed by atoms with Crippen LogP contribution in [0.25, 0.3) is 12.2 Å². The maximum atomic E-state index is 3.83. The molecule has 0 radical (unpaired) electrons. The van der Waals surface area contributed by atoms with E-state index < -0.39 is 0 Å². The fourth-order valence-corrected chi connectivity index (χ4v) is 2.76. The van der Waals surface area contributed by atoms with Crippen LogP contribution in [0.1, 0.15) is 47.9 Å². The monoisotopic (exact) mass is 290 g/mol. The lowest BCUT2D eigenvalue weighted by Gasteiger charge is -2.05. The van der Waals surface area contributed by atoms with Crippen LogP contribution >= 0.6 is 0 Å². The normalized spacial score (nSPS) is 10.4. The van der Waals surface area contributed by atoms with Crippen molar-refractivity contribution in [2.45, 2.75) is 38.5 Å². The molecule has 2 rings (SSSR count). The van der Waals surface area contributed by atoms with Crippen LogP contribution in [-0.2, 0) is 12.8 Å². The maximum absolute atomic E-state index is 3.83. The van der Waals surface area contributed by atoms with E-state index in [4.69, 9.17) is 0 Å². The molecular weight excluding hydrogens is 264 g/mol. The zero-order valence-electron chi connectivity index (χ0n) is 13.4. The van der Waals surface area contributed by atoms with Gasteiger partial charge in [0.2, 0.25) is 0 Å². The highest BCUT2D eigenvalue weighted by molar-refractivity contribution is 5.48. The molecule has 0 bridgehead atoms. The molecule has 0 spiro atoms. The molecule has 0 heteroatoms. The van der Waals surface area contributed by atoms with Gasteiger partial charge in [-0.1, -0.05) is 86.7 Å². The largest absolute Gasteiger partial charge is 0.0985 e. The Bertz CT molecular complexity index is 551. The van der Waals surface area contributed by atoms with Crippen molar-refractivity contribution in [3.63, 3.8) is 0 Å². The van der Waals surface area contributed by atoms with Crippen LogP contribution < -0.4 is 0 Å². The van der Waals surface area contributed by atoms with E-state index in [1.54, 1.807) is 0 Å². The highest BCUT2D eigenvalue weighted by Crippen LogP contribution is 2.13. The van der Waals surface area contributed by atoms with Gasteiger partial charge in [-0.3, -0.25) is 0 Å². The van der Waals surface area contributed by atoms with Gasteiger partial charge in [-0.15, -0.1) is 0 Å². The van der Waals surface area contributed by atoms with Gasteiger partial charge >= 0.3 is 0 Å². The summed E-state index contributed by atoms with van der Waals surface area (Å²) in [5, 5.41) is 0. The lowest BCUT2D eigenvalue weighted by molar-refractivity contribution is 0.640. The molecule has 0 saturated heterocycles. The van der Waals surface area contributed by atoms with Gasteiger partial charge in [-0.2, -0.15) is 0 Å². The summed E-state index contributed by atoms with van der Waals surface area (Å²) in [4.78, 5) is 0. The van der Waals surface area contributed by atoms with Gasteiger partial charge in [-0.25, -0.2) is 0 Å². The van der Waals surface area contributed by atoms with Gasteiger partial charge < -0.3 is 0 Å². The molecule has 114 valence electrons. The van der Waals surface area contributed by atoms with Crippen molar-refractivity contribution in [3.8, 4) is 0 Å². The smallest absolute Gasteiger partial charge is 0.0260 e. The Kier molecular flexibility index (Phi) is 6.70. The van der Waals surface area contributed by atoms with Crippen LogP contribution in [0.5, 0.6) is 0 Å². The lowest BCUT2D eigenvalue weighted by Crippen LogP contribution is -1.89. The van der Waals surface area contributed by atoms with Gasteiger partial charge in [0.05, 0.1) is 0 Å². The summed E-state index contributed by atoms with van der Waals surface area (Å²) in [6.45, 7) is 7.66. The van der Waals surface area contributed by atoms with E-state index in [2.05, 4.69) is 61.7 Å². The Labute approximate surface area is 135 Å². The predicted molar refractivity (Wildman–Crippen MR) is 98.9 cm³/mol. The third-order valence-electron chi connectivity index (χ3n) is 4.05. The van der Waals surface area contributed by atoms with Crippen LogP contribution in [-0.4, -0.2) is 0 Å². The predicted octanol–water partition coefficient (Wildman–Crippen LogP) is 6.32. The molecule has 0 nitrogen and oxygen atoms in total. The van der Waals surface area contributed by atoms with Crippen molar-refractivity contribution >= 4 is 12.2 Å². The summed E-state index contributed by atoms with van der Waals surface area (Å²) in [7, 11) is 0. The molecule has 0 saturated carbocycles. The van der Waals surface area contributed by atoms with Crippen molar-refractivity contribution in [3.05, 3.63) is 83.9 Å². The third kappa shape index (κ3) is 5.37. The molecule has 0 aromatic heterocycles. The van der Waals surface area contributed by atoms with Crippen molar-refractivity contribution in [2.75, 3.05) is 0 Å². The van der Waals surface area contributed by atoms with E-state index in [-0.39, 0.29) is 0 Å². The summed E-state index contributed by atoms with van der Waals surface area (Å²) >= 11 is 0. The van der Waals surface area contributed by atoms with Gasteiger partial charge in [0.15, 0.2) is 0 Å². The minimum atomic E-state index is 1.17. The minimum Gasteiger partial charge on any atom is -0.0985 e. The van der Waals surface area contributed by atoms with E-state index in [0.29, 0.717) is 0 Å². The first-order valence-corrected chi connectivity index (χ1v) is 8.24. The van der Waals surface area contributed by atoms with E-state index in [1.807, 2.05) is 12.2 Å². The average molecular weight is 290 g/mol. The SMILES string of the molecule is C=Cc1cccc(CCCCCCc2cccc(C=C)c2)c1. The second kappa shape index (κ2) is 9.04. The molecule has 0 fully saturated rings. The molecule has 0 atom stereocenters. The first kappa shape index (κ1) is 16.3. The molecule has 2 aromatic carbocycles. The Morgan fingerprint density at radius 2 is 1.09 bits per heavy atom. The quantitative estimate of drug-likeness (QED) is 0.474. The topological polar surface area (TPSA) is 0 Å². The van der Waals surface area contributed by atoms with Crippen LogP contribution in [0.15, 0.2) is 61.7 Å². The molecule has 0 amide bonds. The van der Waals surface area contributed by atoms with Crippen LogP contribution in [0, 0.1) is 0 Å². The first-order valence-electron chi connectivity index (χ1n) is 8.24. The summed E-state index contributed by atoms with van der Waals surface area (Å²) in [6.07, 6.45) is 11.3. The molecule has 0 aliphatic rings. The van der Waals surface area contributed by atoms with Crippen molar-refractivity contribution in [1.82, 2.24) is 0 Å². The highest BCUT2D eigenvalue weighted by atomic mass is 14.0. The number of unbranched alkanes of at least 4 members (excludes halogenated alkanes) is 3. The Morgan fingerprint density at radius 1 is 0.636 bits per heavy atom. The fourth-order valence-electron chi connectivity index (χ4n) is 2.76. The first-order chi connectivity index (χ1) is 10.8. The molecule has 0 unspecified atom stereocenters. The van der Waals surface area contributed by atoms with Crippen molar-refractivity contribution in [1.29, 1.82) is 0 Å². The molecule has 0 heterocycles. The van der Waals surface area contributed by atoms with Crippen molar-refractivity contribution < 1.29 is 0 Å². The standard InChI is InChI=1S/C22H26/c1-3-19-13-9-15-21(17-19)11-7-5-6-8-12-22-16-10-14-20(4-2)18-22/h3-4,9-10,13-18H,1-2,5-8,11-12H2. The van der Waals surface area contributed by atoms with E-state index >= 15 is 0 Å². The van der Waals surface area contributed by atoms with Crippen molar-refractivity contribution in [2.24, 2.45) is 0 Å². The lowest BCUT2D eigenvalue weighted by atomic mass is 10.0. The summed E-state index contributed by atoms with van der Waals surface area (Å²) in [6, 6.07) is 17.4. The molecule has 2 aromatic rings. The summed E-state index contributed by atoms with van der Waals surface area (Å²) in [5.41, 5.74) is 5.30. The zero-order chi connectivity index (χ0) is 15.6. The molecule has 0 N–H and O–H groups in total. The van der Waals surface area contributed by atoms with E-state index in [1.165, 1.54) is 60.8 Å². The van der Waals surface area contributed by atoms with Crippen LogP contribution in [0.3, 0.4) is 0 Å². The number of benzene rings is 2. The Hall–Kier alpha value is -2.08. The van der Waals surface area contributed by atoms with Gasteiger partial charge in [0, 0.05) is 0 Å². The Morgan fingerprint density at radius 3 is 1.50 bits per heavy atom. The van der Waals surface area contributed by atoms with Gasteiger partial charge in [0.1, 0.15) is 0 Å². The fraction of sp³-hybridized carbons (Fsp3) is 0.273. The number of hydrogen-bond donors (Lipinski definition) is 0. The molecular formula is C22H26. The van der Waals surface area contributed by atoms with E-state index in [0.717, 1.165) is 0 Å². The van der Waals surface area contributed by atoms with Crippen LogP contribution in [0.2, 0.25) is 0 Å². The molecule has 22 heavy (non-hydrogen) atoms. The second-order valence-electron chi connectivity index (χ2n) is 5.81. The third-order valence-corrected chi connectivity index (χ3v) is 4.05. The zero-order valence-corrected chi connectivity index (χ0v) is 13.4. The molecule has 0 aliphatic carbocycles. The number of rotatable bonds is 9. The summed E-state index contributed by atoms with van der Waals surface area (Å²) < 4.78 is 0. The average Bonchev–Trinajstić information content (AvgIpc) is 2.58. The summed E-state index contributed by atoms with van der Waals surface area (Å²) in [5.74, 6) is 0. The second-order valence-corrected chi connectivity index (χ2v) is 5.81. The van der Waals surface area contributed by atoms with Crippen LogP contribution in [0.4, 0.5) is 0 Å². The number of hydrogen-bond acceptors (Lipinski definition) is 0. The van der Waals surface area contributed by atoms with Gasteiger partial charge in [-0.05, 0) is 47.9 Å². The Balaban J connectivity index is 1.64. The molecule has 0 aliphatic heterocycles. The minimum absolute atomic E-state index is 1.17. The number of aryl methyl sites for hydroxylation is 2. The highest BCUT2D eigenvalue weighted by Gasteiger charge is 1.97. The maximum Gasteiger partial charge on any atom is -0.0260 e. The van der Waals surface area contributed by atoms with E-state index in [9.17, 15) is 0 Å².